The molecule has 57 heavy (non-hydrogen) atoms. The zero-order valence-corrected chi connectivity index (χ0v) is 38.9. The van der Waals surface area contributed by atoms with E-state index in [1.165, 1.54) is 148 Å². The van der Waals surface area contributed by atoms with Gasteiger partial charge >= 0.3 is 20.5 Å². The number of rotatable bonds is 41. The van der Waals surface area contributed by atoms with Crippen LogP contribution in [0.15, 0.2) is 0 Å². The van der Waals surface area contributed by atoms with Gasteiger partial charge in [0.05, 0.1) is 45.8 Å². The molecule has 0 aromatic heterocycles. The Kier molecular flexibility index (Phi) is 41.0. The average molecular weight is 848 g/mol. The molecular formula is C46H88ClN2O7P. The summed E-state index contributed by atoms with van der Waals surface area (Å²) < 4.78 is 30.3. The Morgan fingerprint density at radius 3 is 1.46 bits per heavy atom. The number of hydrogen-bond donors (Lipinski definition) is 0. The molecule has 1 heterocycles. The van der Waals surface area contributed by atoms with Gasteiger partial charge in [-0.05, 0) is 32.1 Å². The number of ether oxygens (including phenoxy) is 2. The molecule has 0 saturated carbocycles. The molecule has 1 aliphatic rings. The Morgan fingerprint density at radius 1 is 0.579 bits per heavy atom. The Morgan fingerprint density at radius 2 is 1.00 bits per heavy atom. The van der Waals surface area contributed by atoms with Crippen molar-refractivity contribution in [2.75, 3.05) is 53.1 Å². The topological polar surface area (TPSA) is 104 Å². The summed E-state index contributed by atoms with van der Waals surface area (Å²) in [5.74, 6) is -0.569. The lowest BCUT2D eigenvalue weighted by molar-refractivity contribution is -0.914. The lowest BCUT2D eigenvalue weighted by Crippen LogP contribution is -3.00. The van der Waals surface area contributed by atoms with E-state index in [9.17, 15) is 9.59 Å². The molecule has 0 bridgehead atoms. The van der Waals surface area contributed by atoms with Crippen molar-refractivity contribution >= 4 is 20.5 Å². The van der Waals surface area contributed by atoms with Crippen LogP contribution < -0.4 is 12.4 Å². The average Bonchev–Trinajstić information content (AvgIpc) is 3.19. The number of carbonyl (C=O) groups excluding carboxylic acids is 2. The maximum atomic E-state index is 12.9. The van der Waals surface area contributed by atoms with E-state index >= 15 is 0 Å². The van der Waals surface area contributed by atoms with Crippen molar-refractivity contribution < 1.29 is 49.5 Å². The number of piperidine rings is 1. The van der Waals surface area contributed by atoms with Gasteiger partial charge in [-0.15, -0.1) is 0 Å². The summed E-state index contributed by atoms with van der Waals surface area (Å²) in [6.45, 7) is 8.28. The lowest BCUT2D eigenvalue weighted by atomic mass is 10.0. The van der Waals surface area contributed by atoms with E-state index in [1.807, 2.05) is 0 Å². The molecule has 0 aliphatic carbocycles. The molecule has 336 valence electrons. The maximum Gasteiger partial charge on any atom is 0.333 e. The standard InChI is InChI=1S/C46H88N2O7P.ClH/c1-4-6-8-10-12-14-16-18-20-22-24-26-29-34-45(49)51-42-44(55-46(50)35-30-27-25-23-21-19-17-15-13-11-9-7-5-2)43-54-56(52-40-33-36-47)53-41-39-48(3)37-31-28-32-38-48;/h44H,4-35,37-43H2,1-3H3;1H/q+1;/p-1. The van der Waals surface area contributed by atoms with Crippen molar-refractivity contribution in [1.82, 2.24) is 0 Å². The van der Waals surface area contributed by atoms with Crippen LogP contribution in [0.3, 0.4) is 0 Å². The number of unbranched alkanes of at least 4 members (excludes halogenated alkanes) is 24. The smallest absolute Gasteiger partial charge is 0.333 e. The van der Waals surface area contributed by atoms with Crippen molar-refractivity contribution in [2.45, 2.75) is 225 Å². The Balaban J connectivity index is 0.0000314. The first-order valence-corrected chi connectivity index (χ1v) is 24.8. The van der Waals surface area contributed by atoms with Gasteiger partial charge in [0.1, 0.15) is 19.8 Å². The summed E-state index contributed by atoms with van der Waals surface area (Å²) >= 11 is 0. The van der Waals surface area contributed by atoms with Crippen molar-refractivity contribution in [3.63, 3.8) is 0 Å². The molecule has 1 aliphatic heterocycles. The van der Waals surface area contributed by atoms with Crippen molar-refractivity contribution in [3.8, 4) is 6.07 Å². The second-order valence-corrected chi connectivity index (χ2v) is 17.9. The summed E-state index contributed by atoms with van der Waals surface area (Å²) in [6.07, 6.45) is 36.4. The van der Waals surface area contributed by atoms with Crippen LogP contribution in [0.1, 0.15) is 219 Å². The number of hydrogen-bond acceptors (Lipinski definition) is 8. The van der Waals surface area contributed by atoms with Crippen LogP contribution in [0.4, 0.5) is 0 Å². The molecule has 0 spiro atoms. The van der Waals surface area contributed by atoms with Crippen LogP contribution in [0.25, 0.3) is 0 Å². The molecule has 1 fully saturated rings. The van der Waals surface area contributed by atoms with Gasteiger partial charge in [-0.25, -0.2) is 0 Å². The number of nitriles is 1. The molecule has 0 amide bonds. The highest BCUT2D eigenvalue weighted by Crippen LogP contribution is 2.40. The molecule has 0 N–H and O–H groups in total. The van der Waals surface area contributed by atoms with Gasteiger partial charge < -0.3 is 39.9 Å². The van der Waals surface area contributed by atoms with Gasteiger partial charge in [0.2, 0.25) is 0 Å². The molecule has 1 rings (SSSR count). The first-order valence-electron chi connectivity index (χ1n) is 23.7. The van der Waals surface area contributed by atoms with Gasteiger partial charge in [-0.2, -0.15) is 5.26 Å². The van der Waals surface area contributed by atoms with Crippen LogP contribution in [-0.2, 0) is 32.6 Å². The van der Waals surface area contributed by atoms with E-state index in [-0.39, 0.29) is 50.6 Å². The van der Waals surface area contributed by atoms with E-state index in [4.69, 9.17) is 28.3 Å². The first-order chi connectivity index (χ1) is 27.4. The Labute approximate surface area is 358 Å². The molecule has 9 nitrogen and oxygen atoms in total. The molecule has 2 atom stereocenters. The third kappa shape index (κ3) is 36.6. The van der Waals surface area contributed by atoms with E-state index in [1.54, 1.807) is 0 Å². The fraction of sp³-hybridized carbons (Fsp3) is 0.935. The molecule has 1 saturated heterocycles. The predicted octanol–water partition coefficient (Wildman–Crippen LogP) is 10.2. The number of carbonyl (C=O) groups is 2. The molecule has 2 unspecified atom stereocenters. The summed E-state index contributed by atoms with van der Waals surface area (Å²) in [6, 6.07) is 2.10. The zero-order chi connectivity index (χ0) is 40.6. The highest BCUT2D eigenvalue weighted by Gasteiger charge is 2.26. The van der Waals surface area contributed by atoms with Crippen LogP contribution in [-0.4, -0.2) is 75.6 Å². The molecular weight excluding hydrogens is 759 g/mol. The fourth-order valence-corrected chi connectivity index (χ4v) is 8.43. The van der Waals surface area contributed by atoms with E-state index < -0.39 is 14.7 Å². The predicted molar refractivity (Wildman–Crippen MR) is 231 cm³/mol. The number of quaternary nitrogens is 1. The first kappa shape index (κ1) is 56.0. The molecule has 0 aromatic carbocycles. The SMILES string of the molecule is CCCCCCCCCCCCCCCC(=O)OCC(COP(OCCC#N)OCC[N+]1(C)CCCCC1)OC(=O)CCCCCCCCCCCCCCC.[Cl-]. The number of likely N-dealkylation sites (N-methyl/N-ethyl adjacent to an activating group) is 1. The fourth-order valence-electron chi connectivity index (χ4n) is 7.45. The molecule has 0 radical (unpaired) electrons. The number of esters is 2. The van der Waals surface area contributed by atoms with Gasteiger partial charge in [0.15, 0.2) is 6.10 Å². The summed E-state index contributed by atoms with van der Waals surface area (Å²) in [4.78, 5) is 25.6. The van der Waals surface area contributed by atoms with E-state index in [2.05, 4.69) is 27.0 Å². The number of nitrogens with zero attached hydrogens (tertiary/aromatic N) is 2. The maximum absolute atomic E-state index is 12.9. The van der Waals surface area contributed by atoms with Crippen LogP contribution in [0.2, 0.25) is 0 Å². The van der Waals surface area contributed by atoms with Crippen molar-refractivity contribution in [2.24, 2.45) is 0 Å². The lowest BCUT2D eigenvalue weighted by Gasteiger charge is -2.37. The highest BCUT2D eigenvalue weighted by molar-refractivity contribution is 7.41. The Hall–Kier alpha value is -1.01. The van der Waals surface area contributed by atoms with E-state index in [0.29, 0.717) is 19.4 Å². The minimum Gasteiger partial charge on any atom is -1.00 e. The highest BCUT2D eigenvalue weighted by atomic mass is 35.5. The summed E-state index contributed by atoms with van der Waals surface area (Å²) in [7, 11) is 0.515. The van der Waals surface area contributed by atoms with Gasteiger partial charge in [0, 0.05) is 12.8 Å². The molecule has 11 heteroatoms. The van der Waals surface area contributed by atoms with Gasteiger partial charge in [-0.3, -0.25) is 9.59 Å². The second-order valence-electron chi connectivity index (χ2n) is 16.7. The van der Waals surface area contributed by atoms with Crippen molar-refractivity contribution in [1.29, 1.82) is 5.26 Å². The second kappa shape index (κ2) is 41.7. The zero-order valence-electron chi connectivity index (χ0n) is 37.2. The minimum atomic E-state index is -1.75. The monoisotopic (exact) mass is 847 g/mol. The van der Waals surface area contributed by atoms with E-state index in [0.717, 1.165) is 62.6 Å². The normalized spacial score (nSPS) is 14.7. The summed E-state index contributed by atoms with van der Waals surface area (Å²) in [5, 5.41) is 9.05. The quantitative estimate of drug-likeness (QED) is 0.0259. The number of likely N-dealkylation sites (tertiary alicyclic amines) is 1. The van der Waals surface area contributed by atoms with Crippen LogP contribution in [0.5, 0.6) is 0 Å². The third-order valence-electron chi connectivity index (χ3n) is 11.2. The van der Waals surface area contributed by atoms with Crippen molar-refractivity contribution in [3.05, 3.63) is 0 Å². The number of halogens is 1. The van der Waals surface area contributed by atoms with Gasteiger partial charge in [0.25, 0.3) is 0 Å². The Bertz CT molecular complexity index is 950. The van der Waals surface area contributed by atoms with Crippen LogP contribution >= 0.6 is 8.60 Å². The molecule has 0 aromatic rings. The van der Waals surface area contributed by atoms with Crippen LogP contribution in [0, 0.1) is 11.3 Å². The summed E-state index contributed by atoms with van der Waals surface area (Å²) in [5.41, 5.74) is 0. The van der Waals surface area contributed by atoms with Gasteiger partial charge in [-0.1, -0.05) is 168 Å². The largest absolute Gasteiger partial charge is 1.00 e. The third-order valence-corrected chi connectivity index (χ3v) is 12.3. The minimum absolute atomic E-state index is 0.